The lowest BCUT2D eigenvalue weighted by atomic mass is 10.1. The summed E-state index contributed by atoms with van der Waals surface area (Å²) in [5.41, 5.74) is 12.1. The number of carbonyl (C=O) groups excluding carboxylic acids is 2. The monoisotopic (exact) mass is 525 g/mol. The molecule has 0 aliphatic carbocycles. The second kappa shape index (κ2) is 9.26. The van der Waals surface area contributed by atoms with Gasteiger partial charge in [-0.05, 0) is 44.9 Å². The van der Waals surface area contributed by atoms with Crippen molar-refractivity contribution in [1.29, 1.82) is 0 Å². The lowest BCUT2D eigenvalue weighted by Gasteiger charge is -2.13. The zero-order chi connectivity index (χ0) is 27.4. The molecule has 11 heteroatoms. The maximum atomic E-state index is 13.2. The van der Waals surface area contributed by atoms with Crippen molar-refractivity contribution in [2.75, 3.05) is 25.1 Å². The molecule has 2 amide bonds. The van der Waals surface area contributed by atoms with Crippen LogP contribution < -0.4 is 11.1 Å². The molecule has 4 aromatic heterocycles. The number of rotatable bonds is 5. The van der Waals surface area contributed by atoms with Crippen molar-refractivity contribution in [3.63, 3.8) is 0 Å². The van der Waals surface area contributed by atoms with Gasteiger partial charge >= 0.3 is 0 Å². The molecule has 11 nitrogen and oxygen atoms in total. The first-order valence-corrected chi connectivity index (χ1v) is 13.0. The van der Waals surface area contributed by atoms with Gasteiger partial charge in [-0.25, -0.2) is 9.97 Å². The minimum atomic E-state index is -0.264. The Hall–Kier alpha value is -4.67. The summed E-state index contributed by atoms with van der Waals surface area (Å²) in [6.07, 6.45) is 5.04. The highest BCUT2D eigenvalue weighted by molar-refractivity contribution is 6.07. The second-order valence-corrected chi connectivity index (χ2v) is 10.4. The van der Waals surface area contributed by atoms with Crippen molar-refractivity contribution in [1.82, 2.24) is 33.8 Å². The molecule has 1 aliphatic rings. The lowest BCUT2D eigenvalue weighted by Crippen LogP contribution is -2.26. The topological polar surface area (TPSA) is 129 Å². The van der Waals surface area contributed by atoms with Crippen LogP contribution in [0.4, 0.5) is 11.6 Å². The number of nitrogens with zero attached hydrogens (tertiary/aromatic N) is 7. The van der Waals surface area contributed by atoms with E-state index in [1.165, 1.54) is 21.6 Å². The van der Waals surface area contributed by atoms with E-state index in [9.17, 15) is 9.59 Å². The maximum Gasteiger partial charge on any atom is 0.256 e. The van der Waals surface area contributed by atoms with Gasteiger partial charge in [0.2, 0.25) is 5.91 Å². The van der Waals surface area contributed by atoms with Crippen LogP contribution in [0.1, 0.15) is 42.4 Å². The predicted molar refractivity (Wildman–Crippen MR) is 150 cm³/mol. The molecule has 0 bridgehead atoms. The van der Waals surface area contributed by atoms with Crippen LogP contribution in [-0.2, 0) is 24.3 Å². The Bertz CT molecular complexity index is 1760. The molecular formula is C28H31N9O2. The molecule has 200 valence electrons. The third kappa shape index (κ3) is 4.10. The van der Waals surface area contributed by atoms with Gasteiger partial charge in [0.25, 0.3) is 5.91 Å². The van der Waals surface area contributed by atoms with Gasteiger partial charge in [0.05, 0.1) is 11.1 Å². The molecule has 0 atom stereocenters. The van der Waals surface area contributed by atoms with Gasteiger partial charge in [-0.2, -0.15) is 5.10 Å². The zero-order valence-electron chi connectivity index (χ0n) is 22.5. The minimum absolute atomic E-state index is 0.0802. The summed E-state index contributed by atoms with van der Waals surface area (Å²) in [5.74, 6) is 0.520. The highest BCUT2D eigenvalue weighted by Crippen LogP contribution is 2.42. The highest BCUT2D eigenvalue weighted by atomic mass is 16.2. The molecule has 0 saturated heterocycles. The summed E-state index contributed by atoms with van der Waals surface area (Å²) in [7, 11) is 3.39. The number of hydrogen-bond donors (Lipinski definition) is 2. The Morgan fingerprint density at radius 3 is 2.74 bits per heavy atom. The molecule has 5 aromatic rings. The van der Waals surface area contributed by atoms with Crippen LogP contribution in [0.2, 0.25) is 0 Å². The largest absolute Gasteiger partial charge is 0.383 e. The number of anilines is 2. The number of fused-ring (bicyclic) bond motifs is 7. The lowest BCUT2D eigenvalue weighted by molar-refractivity contribution is -0.129. The summed E-state index contributed by atoms with van der Waals surface area (Å²) in [6.45, 7) is 5.24. The molecule has 39 heavy (non-hydrogen) atoms. The van der Waals surface area contributed by atoms with Crippen molar-refractivity contribution in [2.24, 2.45) is 0 Å². The van der Waals surface area contributed by atoms with Crippen LogP contribution in [0.3, 0.4) is 0 Å². The normalized spacial score (nSPS) is 12.9. The fourth-order valence-corrected chi connectivity index (χ4v) is 5.52. The van der Waals surface area contributed by atoms with Gasteiger partial charge in [0, 0.05) is 66.7 Å². The molecule has 5 heterocycles. The van der Waals surface area contributed by atoms with Crippen molar-refractivity contribution in [3.05, 3.63) is 54.1 Å². The van der Waals surface area contributed by atoms with E-state index in [1.54, 1.807) is 26.4 Å². The van der Waals surface area contributed by atoms with Crippen LogP contribution >= 0.6 is 0 Å². The molecule has 0 spiro atoms. The Kier molecular flexibility index (Phi) is 5.86. The first-order chi connectivity index (χ1) is 18.7. The van der Waals surface area contributed by atoms with Gasteiger partial charge < -0.3 is 25.1 Å². The molecule has 0 unspecified atom stereocenters. The van der Waals surface area contributed by atoms with Crippen LogP contribution in [0.15, 0.2) is 42.9 Å². The molecule has 1 aliphatic heterocycles. The van der Waals surface area contributed by atoms with Crippen LogP contribution in [0, 0.1) is 0 Å². The number of nitrogens with one attached hydrogen (secondary N) is 1. The molecule has 3 N–H and O–H groups in total. The second-order valence-electron chi connectivity index (χ2n) is 10.4. The number of nitrogen functional groups attached to an aromatic ring is 1. The van der Waals surface area contributed by atoms with Crippen LogP contribution in [0.25, 0.3) is 33.2 Å². The Morgan fingerprint density at radius 2 is 1.97 bits per heavy atom. The van der Waals surface area contributed by atoms with E-state index in [-0.39, 0.29) is 24.4 Å². The van der Waals surface area contributed by atoms with E-state index >= 15 is 0 Å². The van der Waals surface area contributed by atoms with Gasteiger partial charge in [-0.15, -0.1) is 0 Å². The van der Waals surface area contributed by atoms with E-state index in [1.807, 2.05) is 18.2 Å². The van der Waals surface area contributed by atoms with Crippen molar-refractivity contribution in [2.45, 2.75) is 45.8 Å². The van der Waals surface area contributed by atoms with Crippen molar-refractivity contribution in [3.8, 4) is 11.3 Å². The predicted octanol–water partition coefficient (Wildman–Crippen LogP) is 3.70. The van der Waals surface area contributed by atoms with Gasteiger partial charge in [0.15, 0.2) is 5.82 Å². The summed E-state index contributed by atoms with van der Waals surface area (Å²) < 4.78 is 6.06. The highest BCUT2D eigenvalue weighted by Gasteiger charge is 2.28. The number of benzene rings is 1. The summed E-state index contributed by atoms with van der Waals surface area (Å²) in [6, 6.07) is 9.79. The number of amides is 2. The average molecular weight is 526 g/mol. The number of likely N-dealkylation sites (N-methyl/N-ethyl adjacent to an activating group) is 1. The van der Waals surface area contributed by atoms with E-state index < -0.39 is 0 Å². The molecule has 6 rings (SSSR count). The van der Waals surface area contributed by atoms with E-state index in [0.29, 0.717) is 17.2 Å². The maximum absolute atomic E-state index is 13.2. The molecular weight excluding hydrogens is 494 g/mol. The fraction of sp³-hybridized carbons (Fsp3) is 0.321. The molecule has 0 saturated carbocycles. The number of aromatic nitrogens is 6. The number of carbonyl (C=O) groups is 2. The summed E-state index contributed by atoms with van der Waals surface area (Å²) in [5, 5.41) is 9.10. The first kappa shape index (κ1) is 24.7. The van der Waals surface area contributed by atoms with Gasteiger partial charge in [0.1, 0.15) is 24.3 Å². The number of nitrogens with two attached hydrogens (primary N) is 1. The van der Waals surface area contributed by atoms with Gasteiger partial charge in [-0.3, -0.25) is 14.3 Å². The summed E-state index contributed by atoms with van der Waals surface area (Å²) in [4.78, 5) is 35.6. The Morgan fingerprint density at radius 1 is 1.15 bits per heavy atom. The average Bonchev–Trinajstić information content (AvgIpc) is 3.54. The van der Waals surface area contributed by atoms with Crippen molar-refractivity contribution < 1.29 is 9.59 Å². The molecule has 1 aromatic carbocycles. The first-order valence-electron chi connectivity index (χ1n) is 13.0. The fourth-order valence-electron chi connectivity index (χ4n) is 5.52. The third-order valence-electron chi connectivity index (χ3n) is 7.33. The smallest absolute Gasteiger partial charge is 0.256 e. The molecule has 0 radical (unpaired) electrons. The Balaban J connectivity index is 1.38. The molecule has 0 fully saturated rings. The summed E-state index contributed by atoms with van der Waals surface area (Å²) >= 11 is 0. The van der Waals surface area contributed by atoms with E-state index in [2.05, 4.69) is 49.4 Å². The standard InChI is InChI=1S/C28H31N9O2/c1-16(2)37-19-6-5-10-36-20-13-18(28(39)32-22-9-11-35(33-22)14-23(38)34(3)4)8-7-17(20)12-21(36)24(19)25-26(29)30-15-31-27(25)37/h7-9,11-13,15-16H,5-6,10,14H2,1-4H3,(H2,29,30,31)(H,32,33,39). The minimum Gasteiger partial charge on any atom is -0.383 e. The third-order valence-corrected chi connectivity index (χ3v) is 7.33. The quantitative estimate of drug-likeness (QED) is 0.360. The van der Waals surface area contributed by atoms with Crippen LogP contribution in [-0.4, -0.2) is 59.7 Å². The SMILES string of the molecule is CC(C)n1c2c(c3c(N)ncnc31)-c1cc3ccc(C(=O)Nc4ccn(CC(=O)N(C)C)n4)cc3n1CCC2. The van der Waals surface area contributed by atoms with E-state index in [4.69, 9.17) is 5.73 Å². The Labute approximate surface area is 225 Å². The zero-order valence-corrected chi connectivity index (χ0v) is 22.5. The van der Waals surface area contributed by atoms with E-state index in [0.717, 1.165) is 52.6 Å². The van der Waals surface area contributed by atoms with Crippen LogP contribution in [0.5, 0.6) is 0 Å². The number of hydrogen-bond acceptors (Lipinski definition) is 6. The van der Waals surface area contributed by atoms with Gasteiger partial charge in [-0.1, -0.05) is 6.07 Å². The number of aryl methyl sites for hydroxylation is 1. The van der Waals surface area contributed by atoms with Crippen molar-refractivity contribution >= 4 is 45.4 Å².